The predicted octanol–water partition coefficient (Wildman–Crippen LogP) is 7.78. The number of benzene rings is 8. The second-order valence-corrected chi connectivity index (χ2v) is 14.7. The Hall–Kier alpha value is -7.50. The van der Waals surface area contributed by atoms with Gasteiger partial charge in [0.25, 0.3) is 13.4 Å². The second-order valence-electron chi connectivity index (χ2n) is 14.7. The minimum absolute atomic E-state index is 0.0798. The number of rotatable bonds is 6. The fraction of sp³-hybridized carbons (Fsp3) is 0. The van der Waals surface area contributed by atoms with E-state index in [4.69, 9.17) is 24.4 Å². The lowest BCUT2D eigenvalue weighted by Crippen LogP contribution is -2.60. The zero-order valence-corrected chi connectivity index (χ0v) is 31.4. The Labute approximate surface area is 337 Å². The average molecular weight is 741 g/mol. The molecule has 2 aliphatic heterocycles. The Bertz CT molecular complexity index is 2920. The van der Waals surface area contributed by atoms with E-state index in [0.717, 1.165) is 67.0 Å². The summed E-state index contributed by atoms with van der Waals surface area (Å²) >= 11 is 0. The third-order valence-electron chi connectivity index (χ3n) is 11.2. The lowest BCUT2D eigenvalue weighted by Gasteiger charge is -2.34. The van der Waals surface area contributed by atoms with E-state index < -0.39 is 0 Å². The zero-order chi connectivity index (χ0) is 38.4. The van der Waals surface area contributed by atoms with Crippen LogP contribution in [-0.4, -0.2) is 28.4 Å². The highest BCUT2D eigenvalue weighted by atomic mass is 16.5. The summed E-state index contributed by atoms with van der Waals surface area (Å²) in [5.74, 6) is 5.12. The Balaban J connectivity index is 1.10. The molecule has 3 heterocycles. The minimum atomic E-state index is -0.214. The first-order valence-corrected chi connectivity index (χ1v) is 19.6. The molecule has 0 amide bonds. The van der Waals surface area contributed by atoms with Gasteiger partial charge in [-0.25, -0.2) is 15.0 Å². The van der Waals surface area contributed by atoms with E-state index in [-0.39, 0.29) is 13.4 Å². The van der Waals surface area contributed by atoms with Crippen LogP contribution in [0.4, 0.5) is 0 Å². The van der Waals surface area contributed by atoms with E-state index in [1.807, 2.05) is 78.9 Å². The molecule has 0 saturated carbocycles. The van der Waals surface area contributed by atoms with Crippen LogP contribution in [0.2, 0.25) is 0 Å². The smallest absolute Gasteiger partial charge is 0.255 e. The van der Waals surface area contributed by atoms with Gasteiger partial charge in [-0.1, -0.05) is 193 Å². The number of ether oxygens (including phenoxy) is 2. The molecule has 9 aromatic rings. The van der Waals surface area contributed by atoms with E-state index in [0.29, 0.717) is 17.5 Å². The summed E-state index contributed by atoms with van der Waals surface area (Å²) in [6.45, 7) is -0.294. The van der Waals surface area contributed by atoms with E-state index in [1.54, 1.807) is 0 Å². The molecule has 8 aromatic carbocycles. The molecule has 5 nitrogen and oxygen atoms in total. The largest absolute Gasteiger partial charge is 0.459 e. The molecule has 0 atom stereocenters. The number of hydrogen-bond donors (Lipinski definition) is 0. The molecule has 2 aliphatic rings. The van der Waals surface area contributed by atoms with Gasteiger partial charge in [0.2, 0.25) is 0 Å². The van der Waals surface area contributed by atoms with Gasteiger partial charge in [-0.15, -0.1) is 0 Å². The fourth-order valence-electron chi connectivity index (χ4n) is 8.58. The molecular formula is C51H33B2N3O2. The van der Waals surface area contributed by atoms with E-state index in [1.165, 1.54) is 16.6 Å². The maximum Gasteiger partial charge on any atom is 0.255 e. The zero-order valence-electron chi connectivity index (χ0n) is 31.4. The molecule has 11 rings (SSSR count). The molecule has 7 heteroatoms. The molecule has 0 saturated heterocycles. The number of nitrogens with zero attached hydrogens (tertiary/aromatic N) is 3. The average Bonchev–Trinajstić information content (AvgIpc) is 3.30. The molecule has 0 bridgehead atoms. The molecule has 0 fully saturated rings. The molecular weight excluding hydrogens is 708 g/mol. The first-order chi connectivity index (χ1) is 28.8. The van der Waals surface area contributed by atoms with Crippen molar-refractivity contribution in [3.8, 4) is 68.3 Å². The van der Waals surface area contributed by atoms with E-state index in [2.05, 4.69) is 121 Å². The molecule has 0 radical (unpaired) electrons. The molecule has 0 N–H and O–H groups in total. The van der Waals surface area contributed by atoms with Crippen LogP contribution in [-0.2, 0) is 0 Å². The van der Waals surface area contributed by atoms with Gasteiger partial charge in [-0.3, -0.25) is 0 Å². The van der Waals surface area contributed by atoms with Crippen molar-refractivity contribution in [1.82, 2.24) is 15.0 Å². The Morgan fingerprint density at radius 1 is 0.328 bits per heavy atom. The monoisotopic (exact) mass is 741 g/mol. The highest BCUT2D eigenvalue weighted by Gasteiger charge is 2.41. The maximum absolute atomic E-state index is 7.07. The number of para-hydroxylation sites is 2. The van der Waals surface area contributed by atoms with E-state index >= 15 is 0 Å². The highest BCUT2D eigenvalue weighted by Crippen LogP contribution is 2.33. The molecule has 0 unspecified atom stereocenters. The lowest BCUT2D eigenvalue weighted by atomic mass is 9.31. The van der Waals surface area contributed by atoms with Gasteiger partial charge >= 0.3 is 0 Å². The molecule has 0 spiro atoms. The standard InChI is InChI=1S/C51H33B2N3O2/c1-4-17-34(18-5-1)39-25-10-11-26-40(39)53-42-28-13-15-30-45(42)58-48-43(53)31-32-46-47(48)52(41-27-12-14-29-44(41)57-46)38-24-16-23-37(33-38)51-55-49(35-19-6-2-7-20-35)54-50(56-51)36-21-8-3-9-22-36/h1-33H. The van der Waals surface area contributed by atoms with Crippen LogP contribution in [0.5, 0.6) is 23.0 Å². The van der Waals surface area contributed by atoms with Crippen molar-refractivity contribution in [2.75, 3.05) is 0 Å². The van der Waals surface area contributed by atoms with Crippen molar-refractivity contribution in [2.24, 2.45) is 0 Å². The summed E-state index contributed by atoms with van der Waals surface area (Å²) in [6, 6.07) is 69.2. The molecule has 0 aliphatic carbocycles. The molecule has 1 aromatic heterocycles. The molecule has 58 heavy (non-hydrogen) atoms. The summed E-state index contributed by atoms with van der Waals surface area (Å²) in [5.41, 5.74) is 11.7. The van der Waals surface area contributed by atoms with Crippen LogP contribution in [0.3, 0.4) is 0 Å². The quantitative estimate of drug-likeness (QED) is 0.163. The number of aromatic nitrogens is 3. The van der Waals surface area contributed by atoms with Crippen LogP contribution in [0.15, 0.2) is 200 Å². The third kappa shape index (κ3) is 5.87. The summed E-state index contributed by atoms with van der Waals surface area (Å²) in [4.78, 5) is 15.1. The Morgan fingerprint density at radius 3 is 1.48 bits per heavy atom. The van der Waals surface area contributed by atoms with Crippen LogP contribution >= 0.6 is 0 Å². The van der Waals surface area contributed by atoms with Crippen molar-refractivity contribution >= 4 is 46.2 Å². The van der Waals surface area contributed by atoms with E-state index in [9.17, 15) is 0 Å². The van der Waals surface area contributed by atoms with Gasteiger partial charge in [-0.2, -0.15) is 0 Å². The lowest BCUT2D eigenvalue weighted by molar-refractivity contribution is 0.469. The van der Waals surface area contributed by atoms with Crippen molar-refractivity contribution in [3.63, 3.8) is 0 Å². The Morgan fingerprint density at radius 2 is 0.828 bits per heavy atom. The normalized spacial score (nSPS) is 12.3. The third-order valence-corrected chi connectivity index (χ3v) is 11.2. The van der Waals surface area contributed by atoms with Crippen molar-refractivity contribution in [3.05, 3.63) is 200 Å². The van der Waals surface area contributed by atoms with Crippen LogP contribution < -0.4 is 42.3 Å². The van der Waals surface area contributed by atoms with Gasteiger partial charge in [0.1, 0.15) is 23.0 Å². The maximum atomic E-state index is 7.07. The number of fused-ring (bicyclic) bond motifs is 5. The van der Waals surface area contributed by atoms with Gasteiger partial charge in [0, 0.05) is 22.2 Å². The SMILES string of the molecule is c1ccc(-c2nc(-c3ccccc3)nc(-c3cccc(B4c5ccccc5Oc5ccc6c(c54)Oc4ccccc4B6c4ccccc4-c4ccccc4)c3)n2)cc1. The van der Waals surface area contributed by atoms with Crippen molar-refractivity contribution in [1.29, 1.82) is 0 Å². The fourth-order valence-corrected chi connectivity index (χ4v) is 8.58. The van der Waals surface area contributed by atoms with Crippen LogP contribution in [0, 0.1) is 0 Å². The van der Waals surface area contributed by atoms with Gasteiger partial charge in [-0.05, 0) is 45.7 Å². The van der Waals surface area contributed by atoms with Crippen molar-refractivity contribution < 1.29 is 9.47 Å². The van der Waals surface area contributed by atoms with Gasteiger partial charge < -0.3 is 9.47 Å². The van der Waals surface area contributed by atoms with Gasteiger partial charge in [0.15, 0.2) is 17.5 Å². The summed E-state index contributed by atoms with van der Waals surface area (Å²) < 4.78 is 13.8. The number of hydrogen-bond acceptors (Lipinski definition) is 5. The minimum Gasteiger partial charge on any atom is -0.459 e. The first-order valence-electron chi connectivity index (χ1n) is 19.6. The summed E-state index contributed by atoms with van der Waals surface area (Å²) in [6.07, 6.45) is 0. The van der Waals surface area contributed by atoms with Gasteiger partial charge in [0.05, 0.1) is 0 Å². The second kappa shape index (κ2) is 14.2. The highest BCUT2D eigenvalue weighted by molar-refractivity contribution is 7.00. The summed E-state index contributed by atoms with van der Waals surface area (Å²) in [5, 5.41) is 0. The Kier molecular flexibility index (Phi) is 8.29. The summed E-state index contributed by atoms with van der Waals surface area (Å²) in [7, 11) is 0. The molecule has 270 valence electrons. The topological polar surface area (TPSA) is 57.1 Å². The predicted molar refractivity (Wildman–Crippen MR) is 237 cm³/mol. The first kappa shape index (κ1) is 33.8. The van der Waals surface area contributed by atoms with Crippen molar-refractivity contribution in [2.45, 2.75) is 0 Å². The van der Waals surface area contributed by atoms with Crippen LogP contribution in [0.25, 0.3) is 45.3 Å². The van der Waals surface area contributed by atoms with Crippen LogP contribution in [0.1, 0.15) is 0 Å².